The van der Waals surface area contributed by atoms with Crippen molar-refractivity contribution in [2.75, 3.05) is 16.2 Å². The summed E-state index contributed by atoms with van der Waals surface area (Å²) >= 11 is 10.3. The highest BCUT2D eigenvalue weighted by Gasteiger charge is 2.13. The molecule has 154 valence electrons. The summed E-state index contributed by atoms with van der Waals surface area (Å²) in [6, 6.07) is 19.1. The fourth-order valence-corrected chi connectivity index (χ4v) is 3.11. The topological polar surface area (TPSA) is 61.4 Å². The largest absolute Gasteiger partial charge is 0.337 e. The molecule has 0 spiro atoms. The van der Waals surface area contributed by atoms with Crippen molar-refractivity contribution in [1.82, 2.24) is 5.32 Å². The van der Waals surface area contributed by atoms with Crippen LogP contribution >= 0.6 is 24.4 Å². The van der Waals surface area contributed by atoms with E-state index in [0.717, 1.165) is 5.56 Å². The second-order valence-electron chi connectivity index (χ2n) is 6.40. The minimum Gasteiger partial charge on any atom is -0.337 e. The second kappa shape index (κ2) is 10.1. The summed E-state index contributed by atoms with van der Waals surface area (Å²) in [7, 11) is 0. The van der Waals surface area contributed by atoms with Gasteiger partial charge < -0.3 is 10.6 Å². The molecule has 0 aliphatic carbocycles. The summed E-state index contributed by atoms with van der Waals surface area (Å²) in [5.74, 6) is -0.620. The molecule has 2 N–H and O–H groups in total. The molecule has 0 saturated heterocycles. The van der Waals surface area contributed by atoms with Gasteiger partial charge in [-0.2, -0.15) is 0 Å². The molecule has 0 unspecified atom stereocenters. The third-order valence-electron chi connectivity index (χ3n) is 4.28. The number of hydrogen-bond donors (Lipinski definition) is 3. The van der Waals surface area contributed by atoms with Gasteiger partial charge in [-0.15, -0.1) is 0 Å². The van der Waals surface area contributed by atoms with Crippen molar-refractivity contribution in [3.8, 4) is 0 Å². The molecule has 0 saturated carbocycles. The zero-order chi connectivity index (χ0) is 21.5. The Morgan fingerprint density at radius 3 is 2.30 bits per heavy atom. The van der Waals surface area contributed by atoms with Crippen LogP contribution in [-0.4, -0.2) is 18.5 Å². The first-order chi connectivity index (χ1) is 14.4. The molecule has 0 atom stereocenters. The maximum Gasteiger partial charge on any atom is 0.331 e. The molecule has 8 heteroatoms. The normalized spacial score (nSPS) is 10.4. The Balaban J connectivity index is 1.53. The molecule has 30 heavy (non-hydrogen) atoms. The van der Waals surface area contributed by atoms with Crippen LogP contribution in [0.4, 0.5) is 20.6 Å². The molecular formula is C22H19ClFN3O2S. The third kappa shape index (κ3) is 5.75. The summed E-state index contributed by atoms with van der Waals surface area (Å²) in [5, 5.41) is 5.87. The fourth-order valence-electron chi connectivity index (χ4n) is 2.69. The summed E-state index contributed by atoms with van der Waals surface area (Å²) in [6.45, 7) is 0.382. The Hall–Kier alpha value is -3.03. The third-order valence-corrected chi connectivity index (χ3v) is 5.03. The molecule has 0 fully saturated rings. The first-order valence-electron chi connectivity index (χ1n) is 9.11. The monoisotopic (exact) mass is 443 g/mol. The number of carbonyl (C=O) groups excluding carboxylic acids is 2. The molecule has 0 aliphatic heterocycles. The van der Waals surface area contributed by atoms with Crippen LogP contribution in [0.15, 0.2) is 72.8 Å². The van der Waals surface area contributed by atoms with E-state index in [-0.39, 0.29) is 11.7 Å². The Labute approximate surface area is 184 Å². The molecule has 5 nitrogen and oxygen atoms in total. The van der Waals surface area contributed by atoms with Crippen LogP contribution in [0, 0.1) is 5.82 Å². The van der Waals surface area contributed by atoms with Gasteiger partial charge in [-0.3, -0.25) is 4.79 Å². The number of urea groups is 1. The number of benzene rings is 3. The predicted octanol–water partition coefficient (Wildman–Crippen LogP) is 5.33. The molecule has 0 radical (unpaired) electrons. The van der Waals surface area contributed by atoms with Gasteiger partial charge in [0, 0.05) is 12.2 Å². The Bertz CT molecular complexity index is 1030. The highest BCUT2D eigenvalue weighted by atomic mass is 35.5. The lowest BCUT2D eigenvalue weighted by atomic mass is 10.1. The fraction of sp³-hybridized carbons (Fsp3) is 0.0909. The molecule has 0 aliphatic rings. The number of amides is 3. The van der Waals surface area contributed by atoms with Crippen LogP contribution in [0.25, 0.3) is 0 Å². The van der Waals surface area contributed by atoms with Crippen LogP contribution in [0.1, 0.15) is 15.9 Å². The van der Waals surface area contributed by atoms with Crippen LogP contribution in [0.5, 0.6) is 0 Å². The van der Waals surface area contributed by atoms with E-state index >= 15 is 0 Å². The van der Waals surface area contributed by atoms with Gasteiger partial charge in [-0.05, 0) is 60.5 Å². The molecule has 0 aromatic heterocycles. The maximum absolute atomic E-state index is 12.9. The Morgan fingerprint density at radius 2 is 1.63 bits per heavy atom. The molecule has 0 bridgehead atoms. The van der Waals surface area contributed by atoms with E-state index in [9.17, 15) is 14.0 Å². The van der Waals surface area contributed by atoms with Crippen molar-refractivity contribution >= 4 is 47.7 Å². The van der Waals surface area contributed by atoms with Gasteiger partial charge in [0.25, 0.3) is 5.91 Å². The lowest BCUT2D eigenvalue weighted by molar-refractivity contribution is 0.102. The van der Waals surface area contributed by atoms with E-state index in [1.54, 1.807) is 60.7 Å². The van der Waals surface area contributed by atoms with Gasteiger partial charge in [0.15, 0.2) is 0 Å². The maximum atomic E-state index is 12.9. The van der Waals surface area contributed by atoms with Crippen molar-refractivity contribution < 1.29 is 14.0 Å². The van der Waals surface area contributed by atoms with Gasteiger partial charge in [0.05, 0.1) is 16.3 Å². The second-order valence-corrected chi connectivity index (χ2v) is 7.21. The molecule has 3 aromatic rings. The van der Waals surface area contributed by atoms with Crippen LogP contribution in [0.2, 0.25) is 5.02 Å². The molecule has 3 rings (SSSR count). The summed E-state index contributed by atoms with van der Waals surface area (Å²) < 4.78 is 14.1. The SMILES string of the molecule is O=C(Nc1ccc(N(S)C(=O)NCCc2ccc(F)cc2)cc1)c1ccccc1Cl. The number of nitrogens with one attached hydrogen (secondary N) is 2. The van der Waals surface area contributed by atoms with Crippen molar-refractivity contribution in [2.45, 2.75) is 6.42 Å². The first-order valence-corrected chi connectivity index (χ1v) is 9.89. The lowest BCUT2D eigenvalue weighted by Gasteiger charge is -2.17. The van der Waals surface area contributed by atoms with Crippen molar-refractivity contribution in [2.24, 2.45) is 0 Å². The Kier molecular flexibility index (Phi) is 7.32. The van der Waals surface area contributed by atoms with Crippen molar-refractivity contribution in [3.05, 3.63) is 94.8 Å². The van der Waals surface area contributed by atoms with Gasteiger partial charge in [0.2, 0.25) is 0 Å². The molecule has 3 amide bonds. The number of anilines is 2. The van der Waals surface area contributed by atoms with E-state index in [1.807, 2.05) is 0 Å². The smallest absolute Gasteiger partial charge is 0.331 e. The van der Waals surface area contributed by atoms with Gasteiger partial charge >= 0.3 is 6.03 Å². The number of nitrogens with zero attached hydrogens (tertiary/aromatic N) is 1. The summed E-state index contributed by atoms with van der Waals surface area (Å²) in [6.07, 6.45) is 0.570. The molecular weight excluding hydrogens is 425 g/mol. The zero-order valence-electron chi connectivity index (χ0n) is 15.8. The number of hydrogen-bond acceptors (Lipinski definition) is 3. The lowest BCUT2D eigenvalue weighted by Crippen LogP contribution is -2.35. The van der Waals surface area contributed by atoms with Gasteiger partial charge in [0.1, 0.15) is 5.82 Å². The summed E-state index contributed by atoms with van der Waals surface area (Å²) in [5.41, 5.74) is 2.39. The van der Waals surface area contributed by atoms with E-state index in [1.165, 1.54) is 16.4 Å². The standard InChI is InChI=1S/C22H19ClFN3O2S/c23-20-4-2-1-3-19(20)21(28)26-17-9-11-18(12-10-17)27(30)22(29)25-14-13-15-5-7-16(24)8-6-15/h1-12,30H,13-14H2,(H,25,29)(H,26,28). The number of rotatable bonds is 6. The minimum absolute atomic E-state index is 0.296. The van der Waals surface area contributed by atoms with Gasteiger partial charge in [-0.25, -0.2) is 13.5 Å². The number of halogens is 2. The quantitative estimate of drug-likeness (QED) is 0.450. The van der Waals surface area contributed by atoms with E-state index in [4.69, 9.17) is 11.6 Å². The number of carbonyl (C=O) groups is 2. The first kappa shape index (κ1) is 21.7. The van der Waals surface area contributed by atoms with Crippen molar-refractivity contribution in [1.29, 1.82) is 0 Å². The van der Waals surface area contributed by atoms with E-state index in [0.29, 0.717) is 34.9 Å². The van der Waals surface area contributed by atoms with Crippen LogP contribution in [-0.2, 0) is 6.42 Å². The summed E-state index contributed by atoms with van der Waals surface area (Å²) in [4.78, 5) is 24.6. The van der Waals surface area contributed by atoms with Crippen LogP contribution < -0.4 is 14.9 Å². The average Bonchev–Trinajstić information content (AvgIpc) is 2.75. The Morgan fingerprint density at radius 1 is 0.967 bits per heavy atom. The predicted molar refractivity (Wildman–Crippen MR) is 121 cm³/mol. The number of thiol groups is 1. The zero-order valence-corrected chi connectivity index (χ0v) is 17.5. The molecule has 0 heterocycles. The minimum atomic E-state index is -0.395. The van der Waals surface area contributed by atoms with E-state index < -0.39 is 6.03 Å². The van der Waals surface area contributed by atoms with Crippen LogP contribution in [0.3, 0.4) is 0 Å². The molecule has 3 aromatic carbocycles. The highest BCUT2D eigenvalue weighted by Crippen LogP contribution is 2.21. The highest BCUT2D eigenvalue weighted by molar-refractivity contribution is 7.82. The van der Waals surface area contributed by atoms with Crippen molar-refractivity contribution in [3.63, 3.8) is 0 Å². The van der Waals surface area contributed by atoms with E-state index in [2.05, 4.69) is 23.4 Å². The van der Waals surface area contributed by atoms with Gasteiger partial charge in [-0.1, -0.05) is 48.7 Å². The average molecular weight is 444 g/mol.